The summed E-state index contributed by atoms with van der Waals surface area (Å²) in [7, 11) is 0. The molecular formula is C25H23ClN2O3S. The summed E-state index contributed by atoms with van der Waals surface area (Å²) in [4.78, 5) is 18.5. The van der Waals surface area contributed by atoms with Crippen LogP contribution in [0.1, 0.15) is 26.4 Å². The van der Waals surface area contributed by atoms with Crippen molar-refractivity contribution >= 4 is 40.5 Å². The SMILES string of the molecule is Cc1ccsc1/C=C1\Oc2c(ccc(O)c2CN2CCN(c3cccc(Cl)c3)CC2)C1=O. The molecule has 1 saturated heterocycles. The minimum absolute atomic E-state index is 0.139. The van der Waals surface area contributed by atoms with Gasteiger partial charge < -0.3 is 14.7 Å². The number of carbonyl (C=O) groups excluding carboxylic acids is 1. The number of phenolic OH excluding ortho intramolecular Hbond substituents is 1. The smallest absolute Gasteiger partial charge is 0.232 e. The number of ketones is 1. The van der Waals surface area contributed by atoms with Crippen LogP contribution in [0.5, 0.6) is 11.5 Å². The summed E-state index contributed by atoms with van der Waals surface area (Å²) >= 11 is 7.71. The number of carbonyl (C=O) groups is 1. The predicted molar refractivity (Wildman–Crippen MR) is 129 cm³/mol. The molecule has 164 valence electrons. The minimum atomic E-state index is -0.139. The molecule has 1 fully saturated rings. The summed E-state index contributed by atoms with van der Waals surface area (Å²) in [6.45, 7) is 5.92. The molecule has 0 amide bonds. The normalized spacial score (nSPS) is 17.6. The number of allylic oxidation sites excluding steroid dienone is 1. The Kier molecular flexibility index (Phi) is 5.67. The first-order valence-corrected chi connectivity index (χ1v) is 11.8. The van der Waals surface area contributed by atoms with Crippen molar-refractivity contribution in [2.24, 2.45) is 0 Å². The Balaban J connectivity index is 1.33. The van der Waals surface area contributed by atoms with E-state index in [-0.39, 0.29) is 11.5 Å². The maximum atomic E-state index is 12.9. The molecule has 2 aliphatic heterocycles. The molecule has 1 N–H and O–H groups in total. The standard InChI is InChI=1S/C25H23ClN2O3S/c1-16-7-12-32-23(16)14-22-24(30)19-5-6-21(29)20(25(19)31-22)15-27-8-10-28(11-9-27)18-4-2-3-17(26)13-18/h2-7,12-14,29H,8-11,15H2,1H3/b22-14-. The Hall–Kier alpha value is -2.80. The van der Waals surface area contributed by atoms with Gasteiger partial charge in [-0.3, -0.25) is 9.69 Å². The Morgan fingerprint density at radius 2 is 1.97 bits per heavy atom. The summed E-state index contributed by atoms with van der Waals surface area (Å²) in [6.07, 6.45) is 1.80. The van der Waals surface area contributed by atoms with Gasteiger partial charge in [-0.1, -0.05) is 17.7 Å². The zero-order valence-corrected chi connectivity index (χ0v) is 19.2. The molecule has 0 unspecified atom stereocenters. The molecule has 0 bridgehead atoms. The molecule has 0 aliphatic carbocycles. The van der Waals surface area contributed by atoms with Crippen molar-refractivity contribution in [1.82, 2.24) is 4.90 Å². The number of anilines is 1. The number of halogens is 1. The van der Waals surface area contributed by atoms with Crippen LogP contribution in [0.25, 0.3) is 6.08 Å². The summed E-state index contributed by atoms with van der Waals surface area (Å²) < 4.78 is 6.01. The second kappa shape index (κ2) is 8.62. The summed E-state index contributed by atoms with van der Waals surface area (Å²) in [5.41, 5.74) is 3.40. The van der Waals surface area contributed by atoms with E-state index in [1.165, 1.54) is 0 Å². The second-order valence-corrected chi connectivity index (χ2v) is 9.47. The summed E-state index contributed by atoms with van der Waals surface area (Å²) in [6, 6.07) is 13.2. The quantitative estimate of drug-likeness (QED) is 0.525. The number of ether oxygens (including phenoxy) is 1. The fourth-order valence-electron chi connectivity index (χ4n) is 4.16. The minimum Gasteiger partial charge on any atom is -0.507 e. The van der Waals surface area contributed by atoms with Gasteiger partial charge in [-0.05, 0) is 54.3 Å². The average molecular weight is 467 g/mol. The molecule has 0 atom stereocenters. The van der Waals surface area contributed by atoms with E-state index in [2.05, 4.69) is 15.9 Å². The van der Waals surface area contributed by atoms with Crippen LogP contribution in [0, 0.1) is 6.92 Å². The third kappa shape index (κ3) is 4.01. The van der Waals surface area contributed by atoms with Crippen LogP contribution in [-0.2, 0) is 6.54 Å². The molecule has 3 heterocycles. The third-order valence-electron chi connectivity index (χ3n) is 6.01. The molecule has 3 aromatic rings. The van der Waals surface area contributed by atoms with Crippen LogP contribution < -0.4 is 9.64 Å². The van der Waals surface area contributed by atoms with Crippen molar-refractivity contribution in [3.05, 3.63) is 80.2 Å². The maximum Gasteiger partial charge on any atom is 0.232 e. The van der Waals surface area contributed by atoms with E-state index in [0.717, 1.165) is 47.3 Å². The number of phenols is 1. The largest absolute Gasteiger partial charge is 0.507 e. The average Bonchev–Trinajstić information content (AvgIpc) is 3.34. The fraction of sp³-hybridized carbons (Fsp3) is 0.240. The van der Waals surface area contributed by atoms with E-state index >= 15 is 0 Å². The number of benzene rings is 2. The van der Waals surface area contributed by atoms with Crippen molar-refractivity contribution in [2.75, 3.05) is 31.1 Å². The van der Waals surface area contributed by atoms with Crippen molar-refractivity contribution in [2.45, 2.75) is 13.5 Å². The van der Waals surface area contributed by atoms with E-state index in [1.807, 2.05) is 36.6 Å². The Morgan fingerprint density at radius 3 is 2.69 bits per heavy atom. The molecule has 7 heteroatoms. The number of hydrogen-bond donors (Lipinski definition) is 1. The van der Waals surface area contributed by atoms with Gasteiger partial charge in [0.1, 0.15) is 11.5 Å². The Labute approximate surface area is 196 Å². The number of thiophene rings is 1. The van der Waals surface area contributed by atoms with Gasteiger partial charge in [0.15, 0.2) is 5.76 Å². The number of piperazine rings is 1. The molecule has 1 aromatic heterocycles. The molecule has 2 aliphatic rings. The lowest BCUT2D eigenvalue weighted by molar-refractivity contribution is 0.101. The van der Waals surface area contributed by atoms with E-state index in [1.54, 1.807) is 29.5 Å². The molecular weight excluding hydrogens is 444 g/mol. The van der Waals surface area contributed by atoms with Crippen LogP contribution in [-0.4, -0.2) is 42.0 Å². The van der Waals surface area contributed by atoms with Crippen molar-refractivity contribution in [1.29, 1.82) is 0 Å². The van der Waals surface area contributed by atoms with Crippen molar-refractivity contribution in [3.8, 4) is 11.5 Å². The van der Waals surface area contributed by atoms with Crippen molar-refractivity contribution < 1.29 is 14.6 Å². The lowest BCUT2D eigenvalue weighted by atomic mass is 10.0. The van der Waals surface area contributed by atoms with E-state index < -0.39 is 0 Å². The van der Waals surface area contributed by atoms with E-state index in [9.17, 15) is 9.90 Å². The second-order valence-electron chi connectivity index (χ2n) is 8.09. The lowest BCUT2D eigenvalue weighted by Crippen LogP contribution is -2.46. The number of rotatable bonds is 4. The first-order chi connectivity index (χ1) is 15.5. The van der Waals surface area contributed by atoms with Gasteiger partial charge in [0.05, 0.1) is 11.1 Å². The molecule has 5 rings (SSSR count). The van der Waals surface area contributed by atoms with Gasteiger partial charge in [-0.2, -0.15) is 0 Å². The van der Waals surface area contributed by atoms with Gasteiger partial charge in [0, 0.05) is 54.4 Å². The fourth-order valence-corrected chi connectivity index (χ4v) is 5.19. The number of nitrogens with zero attached hydrogens (tertiary/aromatic N) is 2. The zero-order valence-electron chi connectivity index (χ0n) is 17.7. The zero-order chi connectivity index (χ0) is 22.2. The number of fused-ring (bicyclic) bond motifs is 1. The van der Waals surface area contributed by atoms with Gasteiger partial charge in [0.25, 0.3) is 0 Å². The predicted octanol–water partition coefficient (Wildman–Crippen LogP) is 5.35. The first kappa shape index (κ1) is 21.1. The first-order valence-electron chi connectivity index (χ1n) is 10.6. The maximum absolute atomic E-state index is 12.9. The van der Waals surface area contributed by atoms with Crippen LogP contribution in [0.2, 0.25) is 5.02 Å². The molecule has 32 heavy (non-hydrogen) atoms. The summed E-state index contributed by atoms with van der Waals surface area (Å²) in [5, 5.41) is 13.3. The number of aromatic hydroxyl groups is 1. The third-order valence-corrected chi connectivity index (χ3v) is 7.21. The monoisotopic (exact) mass is 466 g/mol. The van der Waals surface area contributed by atoms with Crippen LogP contribution in [0.3, 0.4) is 0 Å². The molecule has 0 saturated carbocycles. The highest BCUT2D eigenvalue weighted by Crippen LogP contribution is 2.40. The highest BCUT2D eigenvalue weighted by molar-refractivity contribution is 7.11. The van der Waals surface area contributed by atoms with Gasteiger partial charge in [-0.25, -0.2) is 0 Å². The Bertz CT molecular complexity index is 1210. The Morgan fingerprint density at radius 1 is 1.16 bits per heavy atom. The van der Waals surface area contributed by atoms with Gasteiger partial charge in [0.2, 0.25) is 5.78 Å². The highest BCUT2D eigenvalue weighted by atomic mass is 35.5. The van der Waals surface area contributed by atoms with Crippen LogP contribution in [0.15, 0.2) is 53.6 Å². The highest BCUT2D eigenvalue weighted by Gasteiger charge is 2.32. The van der Waals surface area contributed by atoms with Gasteiger partial charge >= 0.3 is 0 Å². The number of hydrogen-bond acceptors (Lipinski definition) is 6. The van der Waals surface area contributed by atoms with Crippen LogP contribution in [0.4, 0.5) is 5.69 Å². The number of aryl methyl sites for hydroxylation is 1. The lowest BCUT2D eigenvalue weighted by Gasteiger charge is -2.36. The van der Waals surface area contributed by atoms with Gasteiger partial charge in [-0.15, -0.1) is 11.3 Å². The summed E-state index contributed by atoms with van der Waals surface area (Å²) in [5.74, 6) is 0.804. The number of Topliss-reactive ketones (excluding diaryl/α,β-unsaturated/α-hetero) is 1. The molecule has 0 radical (unpaired) electrons. The molecule has 2 aromatic carbocycles. The molecule has 0 spiro atoms. The van der Waals surface area contributed by atoms with Crippen molar-refractivity contribution in [3.63, 3.8) is 0 Å². The van der Waals surface area contributed by atoms with E-state index in [4.69, 9.17) is 16.3 Å². The van der Waals surface area contributed by atoms with E-state index in [0.29, 0.717) is 29.2 Å². The van der Waals surface area contributed by atoms with Crippen LogP contribution >= 0.6 is 22.9 Å². The topological polar surface area (TPSA) is 53.0 Å². The molecule has 5 nitrogen and oxygen atoms in total.